The quantitative estimate of drug-likeness (QED) is 0.783. The van der Waals surface area contributed by atoms with Crippen molar-refractivity contribution in [3.05, 3.63) is 48.0 Å². The van der Waals surface area contributed by atoms with Crippen LogP contribution in [0.4, 0.5) is 0 Å². The predicted molar refractivity (Wildman–Crippen MR) is 83.8 cm³/mol. The first kappa shape index (κ1) is 14.5. The van der Waals surface area contributed by atoms with Crippen LogP contribution in [0.25, 0.3) is 17.1 Å². The zero-order valence-corrected chi connectivity index (χ0v) is 12.9. The molecule has 0 saturated heterocycles. The standard InChI is InChI=1S/C16H19N5O/c1-11(17-3)9-15-18-16(22-20-15)14-10-21(19-12(14)2)13-7-5-4-6-8-13/h4-8,10-11,17H,9H2,1-3H3. The van der Waals surface area contributed by atoms with Crippen LogP contribution in [0.2, 0.25) is 0 Å². The molecule has 2 heterocycles. The third kappa shape index (κ3) is 2.92. The lowest BCUT2D eigenvalue weighted by molar-refractivity contribution is 0.418. The molecule has 0 saturated carbocycles. The second kappa shape index (κ2) is 6.11. The monoisotopic (exact) mass is 297 g/mol. The number of benzene rings is 1. The van der Waals surface area contributed by atoms with Crippen molar-refractivity contribution in [1.29, 1.82) is 0 Å². The van der Waals surface area contributed by atoms with Crippen molar-refractivity contribution in [2.24, 2.45) is 0 Å². The van der Waals surface area contributed by atoms with Gasteiger partial charge in [0.25, 0.3) is 5.89 Å². The zero-order valence-electron chi connectivity index (χ0n) is 12.9. The van der Waals surface area contributed by atoms with Crippen LogP contribution in [0.15, 0.2) is 41.1 Å². The van der Waals surface area contributed by atoms with Crippen molar-refractivity contribution in [3.63, 3.8) is 0 Å². The summed E-state index contributed by atoms with van der Waals surface area (Å²) in [5.74, 6) is 1.21. The van der Waals surface area contributed by atoms with Gasteiger partial charge in [0.1, 0.15) is 0 Å². The normalized spacial score (nSPS) is 12.5. The van der Waals surface area contributed by atoms with Crippen molar-refractivity contribution < 1.29 is 4.52 Å². The van der Waals surface area contributed by atoms with Gasteiger partial charge in [0.2, 0.25) is 0 Å². The van der Waals surface area contributed by atoms with Crippen molar-refractivity contribution in [2.75, 3.05) is 7.05 Å². The molecule has 6 heteroatoms. The zero-order chi connectivity index (χ0) is 15.5. The van der Waals surface area contributed by atoms with Crippen molar-refractivity contribution in [3.8, 4) is 17.1 Å². The maximum atomic E-state index is 5.38. The van der Waals surface area contributed by atoms with E-state index < -0.39 is 0 Å². The topological polar surface area (TPSA) is 68.8 Å². The minimum Gasteiger partial charge on any atom is -0.334 e. The van der Waals surface area contributed by atoms with Gasteiger partial charge in [-0.25, -0.2) is 4.68 Å². The minimum atomic E-state index is 0.304. The molecule has 0 fully saturated rings. The second-order valence-electron chi connectivity index (χ2n) is 5.32. The van der Waals surface area contributed by atoms with E-state index in [0.29, 0.717) is 17.8 Å². The highest BCUT2D eigenvalue weighted by molar-refractivity contribution is 5.56. The number of hydrogen-bond donors (Lipinski definition) is 1. The molecule has 114 valence electrons. The summed E-state index contributed by atoms with van der Waals surface area (Å²) in [7, 11) is 1.92. The second-order valence-corrected chi connectivity index (χ2v) is 5.32. The number of hydrogen-bond acceptors (Lipinski definition) is 5. The third-order valence-corrected chi connectivity index (χ3v) is 3.60. The van der Waals surface area contributed by atoms with Gasteiger partial charge in [0, 0.05) is 18.7 Å². The highest BCUT2D eigenvalue weighted by Crippen LogP contribution is 2.22. The van der Waals surface area contributed by atoms with Crippen LogP contribution in [0.5, 0.6) is 0 Å². The number of nitrogens with zero attached hydrogens (tertiary/aromatic N) is 4. The molecule has 2 aromatic heterocycles. The van der Waals surface area contributed by atoms with Crippen LogP contribution < -0.4 is 5.32 Å². The molecule has 1 N–H and O–H groups in total. The summed E-state index contributed by atoms with van der Waals surface area (Å²) in [4.78, 5) is 4.47. The van der Waals surface area contributed by atoms with Gasteiger partial charge in [-0.05, 0) is 33.0 Å². The van der Waals surface area contributed by atoms with Crippen molar-refractivity contribution in [1.82, 2.24) is 25.2 Å². The van der Waals surface area contributed by atoms with Gasteiger partial charge in [-0.15, -0.1) is 0 Å². The number of aromatic nitrogens is 4. The van der Waals surface area contributed by atoms with Gasteiger partial charge < -0.3 is 9.84 Å². The molecule has 0 bridgehead atoms. The Morgan fingerprint density at radius 1 is 1.27 bits per heavy atom. The van der Waals surface area contributed by atoms with Gasteiger partial charge in [-0.1, -0.05) is 23.4 Å². The molecular weight excluding hydrogens is 278 g/mol. The Hall–Kier alpha value is -2.47. The molecule has 1 atom stereocenters. The SMILES string of the molecule is CNC(C)Cc1noc(-c2cn(-c3ccccc3)nc2C)n1. The summed E-state index contributed by atoms with van der Waals surface area (Å²) < 4.78 is 7.21. The first-order valence-corrected chi connectivity index (χ1v) is 7.29. The molecule has 0 aliphatic rings. The van der Waals surface area contributed by atoms with E-state index in [0.717, 1.165) is 23.4 Å². The summed E-state index contributed by atoms with van der Waals surface area (Å²) in [6, 6.07) is 10.3. The molecule has 0 spiro atoms. The highest BCUT2D eigenvalue weighted by Gasteiger charge is 2.16. The Kier molecular flexibility index (Phi) is 4.02. The van der Waals surface area contributed by atoms with Crippen LogP contribution in [0, 0.1) is 6.92 Å². The first-order valence-electron chi connectivity index (χ1n) is 7.29. The van der Waals surface area contributed by atoms with E-state index in [2.05, 4.69) is 27.5 Å². The number of nitrogens with one attached hydrogen (secondary N) is 1. The highest BCUT2D eigenvalue weighted by atomic mass is 16.5. The van der Waals surface area contributed by atoms with E-state index in [-0.39, 0.29) is 0 Å². The van der Waals surface area contributed by atoms with E-state index in [9.17, 15) is 0 Å². The summed E-state index contributed by atoms with van der Waals surface area (Å²) in [5.41, 5.74) is 2.72. The van der Waals surface area contributed by atoms with Crippen LogP contribution in [0.3, 0.4) is 0 Å². The Labute approximate surface area is 129 Å². The maximum absolute atomic E-state index is 5.38. The van der Waals surface area contributed by atoms with Crippen LogP contribution in [-0.4, -0.2) is 33.0 Å². The molecule has 22 heavy (non-hydrogen) atoms. The summed E-state index contributed by atoms with van der Waals surface area (Å²) in [6.45, 7) is 4.02. The predicted octanol–water partition coefficient (Wildman–Crippen LogP) is 2.38. The lowest BCUT2D eigenvalue weighted by atomic mass is 10.2. The third-order valence-electron chi connectivity index (χ3n) is 3.60. The fraction of sp³-hybridized carbons (Fsp3) is 0.312. The lowest BCUT2D eigenvalue weighted by Crippen LogP contribution is -2.24. The van der Waals surface area contributed by atoms with Crippen LogP contribution in [-0.2, 0) is 6.42 Å². The summed E-state index contributed by atoms with van der Waals surface area (Å²) >= 11 is 0. The first-order chi connectivity index (χ1) is 10.7. The van der Waals surface area contributed by atoms with E-state index in [1.165, 1.54) is 0 Å². The van der Waals surface area contributed by atoms with Gasteiger partial charge >= 0.3 is 0 Å². The number of rotatable bonds is 5. The van der Waals surface area contributed by atoms with Crippen LogP contribution in [0.1, 0.15) is 18.4 Å². The Balaban J connectivity index is 1.88. The Morgan fingerprint density at radius 2 is 2.05 bits per heavy atom. The Morgan fingerprint density at radius 3 is 2.77 bits per heavy atom. The van der Waals surface area contributed by atoms with Gasteiger partial charge in [0.15, 0.2) is 5.82 Å². The summed E-state index contributed by atoms with van der Waals surface area (Å²) in [5, 5.41) is 11.7. The largest absolute Gasteiger partial charge is 0.334 e. The Bertz CT molecular complexity index is 747. The molecule has 6 nitrogen and oxygen atoms in total. The average Bonchev–Trinajstić information content (AvgIpc) is 3.14. The van der Waals surface area contributed by atoms with Crippen molar-refractivity contribution in [2.45, 2.75) is 26.3 Å². The number of likely N-dealkylation sites (N-methyl/N-ethyl adjacent to an activating group) is 1. The maximum Gasteiger partial charge on any atom is 0.261 e. The van der Waals surface area contributed by atoms with E-state index in [1.54, 1.807) is 0 Å². The molecule has 0 amide bonds. The van der Waals surface area contributed by atoms with E-state index in [1.807, 2.05) is 55.2 Å². The molecule has 1 aromatic carbocycles. The van der Waals surface area contributed by atoms with E-state index in [4.69, 9.17) is 4.52 Å². The average molecular weight is 297 g/mol. The molecule has 0 radical (unpaired) electrons. The molecule has 3 aromatic rings. The fourth-order valence-electron chi connectivity index (χ4n) is 2.21. The molecular formula is C16H19N5O. The van der Waals surface area contributed by atoms with Crippen molar-refractivity contribution >= 4 is 0 Å². The number of para-hydroxylation sites is 1. The number of aryl methyl sites for hydroxylation is 1. The minimum absolute atomic E-state index is 0.304. The van der Waals surface area contributed by atoms with Gasteiger partial charge in [-0.3, -0.25) is 0 Å². The molecule has 3 rings (SSSR count). The summed E-state index contributed by atoms with van der Waals surface area (Å²) in [6.07, 6.45) is 2.65. The van der Waals surface area contributed by atoms with Gasteiger partial charge in [0.05, 0.1) is 16.9 Å². The molecule has 1 unspecified atom stereocenters. The van der Waals surface area contributed by atoms with Crippen LogP contribution >= 0.6 is 0 Å². The molecule has 0 aliphatic heterocycles. The fourth-order valence-corrected chi connectivity index (χ4v) is 2.21. The van der Waals surface area contributed by atoms with Gasteiger partial charge in [-0.2, -0.15) is 10.1 Å². The van der Waals surface area contributed by atoms with E-state index >= 15 is 0 Å². The molecule has 0 aliphatic carbocycles. The smallest absolute Gasteiger partial charge is 0.261 e. The lowest BCUT2D eigenvalue weighted by Gasteiger charge is -2.04.